The molecule has 1 aromatic rings. The molecule has 0 aromatic heterocycles. The monoisotopic (exact) mass is 248 g/mol. The second-order valence-electron chi connectivity index (χ2n) is 5.56. The van der Waals surface area contributed by atoms with Crippen LogP contribution in [0.25, 0.3) is 0 Å². The standard InChI is InChI=1S/C15H20O3/c1-15(2)8-9-18-13-7-6-11(10-12(13)15)4-3-5-14(16)17/h6-7,10H,3-5,8-9H2,1-2H3,(H,16,17). The van der Waals surface area contributed by atoms with E-state index in [2.05, 4.69) is 19.9 Å². The Balaban J connectivity index is 2.13. The molecule has 1 aromatic carbocycles. The molecule has 1 aliphatic heterocycles. The molecule has 0 amide bonds. The molecule has 98 valence electrons. The second kappa shape index (κ2) is 5.01. The van der Waals surface area contributed by atoms with E-state index in [0.29, 0.717) is 6.42 Å². The minimum Gasteiger partial charge on any atom is -0.493 e. The van der Waals surface area contributed by atoms with Crippen molar-refractivity contribution in [2.45, 2.75) is 44.9 Å². The van der Waals surface area contributed by atoms with Gasteiger partial charge in [0.25, 0.3) is 0 Å². The van der Waals surface area contributed by atoms with Gasteiger partial charge in [-0.05, 0) is 36.3 Å². The summed E-state index contributed by atoms with van der Waals surface area (Å²) in [5.41, 5.74) is 2.60. The third-order valence-corrected chi connectivity index (χ3v) is 3.61. The number of aliphatic carboxylic acids is 1. The number of hydrogen-bond acceptors (Lipinski definition) is 2. The number of carboxylic acids is 1. The topological polar surface area (TPSA) is 46.5 Å². The third-order valence-electron chi connectivity index (χ3n) is 3.61. The lowest BCUT2D eigenvalue weighted by Gasteiger charge is -2.32. The van der Waals surface area contributed by atoms with Crippen LogP contribution in [0, 0.1) is 0 Å². The molecule has 0 fully saturated rings. The molecule has 0 unspecified atom stereocenters. The minimum atomic E-state index is -0.725. The second-order valence-corrected chi connectivity index (χ2v) is 5.56. The Hall–Kier alpha value is -1.51. The van der Waals surface area contributed by atoms with E-state index in [1.165, 1.54) is 11.1 Å². The van der Waals surface area contributed by atoms with Gasteiger partial charge in [0.15, 0.2) is 0 Å². The molecule has 1 aliphatic rings. The van der Waals surface area contributed by atoms with Crippen molar-refractivity contribution in [3.63, 3.8) is 0 Å². The first-order valence-corrected chi connectivity index (χ1v) is 6.47. The summed E-state index contributed by atoms with van der Waals surface area (Å²) in [5.74, 6) is 0.254. The molecule has 0 saturated heterocycles. The summed E-state index contributed by atoms with van der Waals surface area (Å²) in [6.45, 7) is 5.24. The van der Waals surface area contributed by atoms with E-state index in [4.69, 9.17) is 9.84 Å². The predicted molar refractivity (Wildman–Crippen MR) is 70.2 cm³/mol. The Labute approximate surface area is 108 Å². The number of ether oxygens (including phenoxy) is 1. The van der Waals surface area contributed by atoms with Gasteiger partial charge in [0.2, 0.25) is 0 Å². The van der Waals surface area contributed by atoms with Gasteiger partial charge in [-0.2, -0.15) is 0 Å². The van der Waals surface area contributed by atoms with Crippen molar-refractivity contribution in [1.82, 2.24) is 0 Å². The molecule has 0 spiro atoms. The van der Waals surface area contributed by atoms with Crippen molar-refractivity contribution < 1.29 is 14.6 Å². The molecule has 3 heteroatoms. The number of carbonyl (C=O) groups is 1. The van der Waals surface area contributed by atoms with E-state index in [0.717, 1.165) is 25.2 Å². The average Bonchev–Trinajstić information content (AvgIpc) is 2.29. The summed E-state index contributed by atoms with van der Waals surface area (Å²) in [7, 11) is 0. The number of fused-ring (bicyclic) bond motifs is 1. The van der Waals surface area contributed by atoms with Crippen LogP contribution >= 0.6 is 0 Å². The van der Waals surface area contributed by atoms with Gasteiger partial charge in [-0.25, -0.2) is 0 Å². The smallest absolute Gasteiger partial charge is 0.303 e. The number of benzene rings is 1. The van der Waals surface area contributed by atoms with Crippen molar-refractivity contribution in [3.8, 4) is 5.75 Å². The summed E-state index contributed by atoms with van der Waals surface area (Å²) >= 11 is 0. The first-order chi connectivity index (χ1) is 8.49. The van der Waals surface area contributed by atoms with E-state index in [1.807, 2.05) is 12.1 Å². The zero-order chi connectivity index (χ0) is 13.2. The van der Waals surface area contributed by atoms with E-state index >= 15 is 0 Å². The van der Waals surface area contributed by atoms with Crippen molar-refractivity contribution in [1.29, 1.82) is 0 Å². The van der Waals surface area contributed by atoms with Crippen molar-refractivity contribution in [2.75, 3.05) is 6.61 Å². The van der Waals surface area contributed by atoms with Gasteiger partial charge >= 0.3 is 5.97 Å². The lowest BCUT2D eigenvalue weighted by atomic mass is 9.79. The van der Waals surface area contributed by atoms with Crippen LogP contribution in [-0.2, 0) is 16.6 Å². The van der Waals surface area contributed by atoms with Gasteiger partial charge in [0.05, 0.1) is 6.61 Å². The highest BCUT2D eigenvalue weighted by Crippen LogP contribution is 2.38. The lowest BCUT2D eigenvalue weighted by Crippen LogP contribution is -2.26. The molecule has 0 atom stereocenters. The van der Waals surface area contributed by atoms with E-state index in [-0.39, 0.29) is 11.8 Å². The summed E-state index contributed by atoms with van der Waals surface area (Å²) < 4.78 is 5.66. The van der Waals surface area contributed by atoms with E-state index < -0.39 is 5.97 Å². The normalized spacial score (nSPS) is 16.8. The summed E-state index contributed by atoms with van der Waals surface area (Å²) in [6.07, 6.45) is 2.76. The number of aryl methyl sites for hydroxylation is 1. The largest absolute Gasteiger partial charge is 0.493 e. The quantitative estimate of drug-likeness (QED) is 0.890. The Morgan fingerprint density at radius 1 is 1.44 bits per heavy atom. The Bertz CT molecular complexity index is 449. The fourth-order valence-electron chi connectivity index (χ4n) is 2.38. The van der Waals surface area contributed by atoms with Crippen LogP contribution in [0.4, 0.5) is 0 Å². The molecule has 1 N–H and O–H groups in total. The average molecular weight is 248 g/mol. The summed E-state index contributed by atoms with van der Waals surface area (Å²) in [4.78, 5) is 10.5. The molecule has 2 rings (SSSR count). The van der Waals surface area contributed by atoms with E-state index in [9.17, 15) is 4.79 Å². The maximum Gasteiger partial charge on any atom is 0.303 e. The number of rotatable bonds is 4. The zero-order valence-corrected chi connectivity index (χ0v) is 11.0. The molecule has 0 aliphatic carbocycles. The maximum absolute atomic E-state index is 10.5. The third kappa shape index (κ3) is 2.84. The minimum absolute atomic E-state index is 0.149. The van der Waals surface area contributed by atoms with Crippen LogP contribution in [0.2, 0.25) is 0 Å². The molecule has 0 radical (unpaired) electrons. The van der Waals surface area contributed by atoms with Crippen LogP contribution < -0.4 is 4.74 Å². The van der Waals surface area contributed by atoms with Gasteiger partial charge in [0.1, 0.15) is 5.75 Å². The number of carboxylic acid groups (broad SMARTS) is 1. The fraction of sp³-hybridized carbons (Fsp3) is 0.533. The van der Waals surface area contributed by atoms with Gasteiger partial charge < -0.3 is 9.84 Å². The van der Waals surface area contributed by atoms with E-state index in [1.54, 1.807) is 0 Å². The van der Waals surface area contributed by atoms with Gasteiger partial charge in [0, 0.05) is 12.0 Å². The van der Waals surface area contributed by atoms with Crippen LogP contribution in [0.1, 0.15) is 44.2 Å². The van der Waals surface area contributed by atoms with Crippen LogP contribution in [0.3, 0.4) is 0 Å². The maximum atomic E-state index is 10.5. The molecule has 18 heavy (non-hydrogen) atoms. The van der Waals surface area contributed by atoms with Crippen LogP contribution in [-0.4, -0.2) is 17.7 Å². The lowest BCUT2D eigenvalue weighted by molar-refractivity contribution is -0.137. The van der Waals surface area contributed by atoms with Gasteiger partial charge in [-0.3, -0.25) is 4.79 Å². The molecule has 0 bridgehead atoms. The first-order valence-electron chi connectivity index (χ1n) is 6.47. The van der Waals surface area contributed by atoms with Gasteiger partial charge in [-0.1, -0.05) is 26.0 Å². The Morgan fingerprint density at radius 2 is 2.22 bits per heavy atom. The predicted octanol–water partition coefficient (Wildman–Crippen LogP) is 3.15. The van der Waals surface area contributed by atoms with Crippen molar-refractivity contribution in [3.05, 3.63) is 29.3 Å². The van der Waals surface area contributed by atoms with Gasteiger partial charge in [-0.15, -0.1) is 0 Å². The molecule has 0 saturated carbocycles. The molecular formula is C15H20O3. The Morgan fingerprint density at radius 3 is 2.94 bits per heavy atom. The highest BCUT2D eigenvalue weighted by Gasteiger charge is 2.28. The Kier molecular flexibility index (Phi) is 3.60. The molecule has 3 nitrogen and oxygen atoms in total. The molecule has 1 heterocycles. The highest BCUT2D eigenvalue weighted by molar-refractivity contribution is 5.66. The van der Waals surface area contributed by atoms with Crippen LogP contribution in [0.5, 0.6) is 5.75 Å². The van der Waals surface area contributed by atoms with Crippen LogP contribution in [0.15, 0.2) is 18.2 Å². The SMILES string of the molecule is CC1(C)CCOc2ccc(CCCC(=O)O)cc21. The highest BCUT2D eigenvalue weighted by atomic mass is 16.5. The fourth-order valence-corrected chi connectivity index (χ4v) is 2.38. The first kappa shape index (κ1) is 12.9. The van der Waals surface area contributed by atoms with Crippen molar-refractivity contribution in [2.24, 2.45) is 0 Å². The molecular weight excluding hydrogens is 228 g/mol. The summed E-state index contributed by atoms with van der Waals surface area (Å²) in [6, 6.07) is 6.24. The van der Waals surface area contributed by atoms with Crippen molar-refractivity contribution >= 4 is 5.97 Å². The summed E-state index contributed by atoms with van der Waals surface area (Å²) in [5, 5.41) is 8.65. The number of hydrogen-bond donors (Lipinski definition) is 1. The zero-order valence-electron chi connectivity index (χ0n) is 11.0.